The fraction of sp³-hybridized carbons (Fsp3) is 0.667. The first kappa shape index (κ1) is 16.1. The van der Waals surface area contributed by atoms with Crippen molar-refractivity contribution in [1.82, 2.24) is 9.78 Å². The van der Waals surface area contributed by atoms with Gasteiger partial charge in [0.05, 0.1) is 11.2 Å². The normalized spacial score (nSPS) is 17.4. The van der Waals surface area contributed by atoms with Crippen LogP contribution in [-0.4, -0.2) is 33.7 Å². The number of aromatic nitrogens is 2. The number of nitrogens with zero attached hydrogens (tertiary/aromatic N) is 2. The molecule has 2 rings (SSSR count). The van der Waals surface area contributed by atoms with E-state index in [1.165, 1.54) is 10.9 Å². The highest BCUT2D eigenvalue weighted by molar-refractivity contribution is 6.32. The summed E-state index contributed by atoms with van der Waals surface area (Å²) in [6, 6.07) is 0. The highest BCUT2D eigenvalue weighted by atomic mass is 35.5. The minimum atomic E-state index is -4.75. The molecule has 118 valence electrons. The van der Waals surface area contributed by atoms with E-state index in [9.17, 15) is 18.0 Å². The van der Waals surface area contributed by atoms with Crippen molar-refractivity contribution in [3.8, 4) is 0 Å². The van der Waals surface area contributed by atoms with E-state index in [0.717, 1.165) is 19.3 Å². The summed E-state index contributed by atoms with van der Waals surface area (Å²) >= 11 is 5.78. The maximum atomic E-state index is 12.2. The zero-order chi connectivity index (χ0) is 15.6. The number of anilines is 1. The molecule has 2 N–H and O–H groups in total. The van der Waals surface area contributed by atoms with E-state index in [1.54, 1.807) is 0 Å². The van der Waals surface area contributed by atoms with Crippen molar-refractivity contribution in [2.45, 2.75) is 38.1 Å². The summed E-state index contributed by atoms with van der Waals surface area (Å²) < 4.78 is 37.9. The standard InChI is InChI=1S/C12H15ClF3N3O2/c13-8-4-18-19(6-7-2-1-3-7)11(21)10(8)17-5-9(20)12(14,15)16/h4,7,9,17,20H,1-3,5-6H2. The van der Waals surface area contributed by atoms with E-state index < -0.39 is 24.4 Å². The predicted octanol–water partition coefficient (Wildman–Crippen LogP) is 2.03. The van der Waals surface area contributed by atoms with Crippen molar-refractivity contribution in [2.24, 2.45) is 5.92 Å². The van der Waals surface area contributed by atoms with Crippen LogP contribution >= 0.6 is 11.6 Å². The third-order valence-electron chi connectivity index (χ3n) is 3.50. The van der Waals surface area contributed by atoms with Gasteiger partial charge in [0.2, 0.25) is 0 Å². The quantitative estimate of drug-likeness (QED) is 0.869. The van der Waals surface area contributed by atoms with E-state index >= 15 is 0 Å². The molecular formula is C12H15ClF3N3O2. The maximum absolute atomic E-state index is 12.2. The van der Waals surface area contributed by atoms with Crippen LogP contribution in [0.1, 0.15) is 19.3 Å². The third-order valence-corrected chi connectivity index (χ3v) is 3.79. The summed E-state index contributed by atoms with van der Waals surface area (Å²) in [6.07, 6.45) is -2.99. The van der Waals surface area contributed by atoms with Crippen molar-refractivity contribution in [1.29, 1.82) is 0 Å². The molecule has 0 radical (unpaired) electrons. The molecule has 1 atom stereocenters. The van der Waals surface area contributed by atoms with Crippen molar-refractivity contribution in [3.63, 3.8) is 0 Å². The zero-order valence-corrected chi connectivity index (χ0v) is 11.8. The molecule has 5 nitrogen and oxygen atoms in total. The van der Waals surface area contributed by atoms with Gasteiger partial charge >= 0.3 is 6.18 Å². The molecule has 1 aromatic rings. The molecule has 1 saturated carbocycles. The van der Waals surface area contributed by atoms with Crippen LogP contribution in [0.25, 0.3) is 0 Å². The molecular weight excluding hydrogens is 311 g/mol. The minimum Gasteiger partial charge on any atom is -0.382 e. The van der Waals surface area contributed by atoms with Gasteiger partial charge in [-0.1, -0.05) is 18.0 Å². The Labute approximate surface area is 123 Å². The van der Waals surface area contributed by atoms with Gasteiger partial charge in [-0.05, 0) is 18.8 Å². The molecule has 0 bridgehead atoms. The summed E-state index contributed by atoms with van der Waals surface area (Å²) in [7, 11) is 0. The van der Waals surface area contributed by atoms with Crippen molar-refractivity contribution < 1.29 is 18.3 Å². The third kappa shape index (κ3) is 3.88. The molecule has 1 fully saturated rings. The van der Waals surface area contributed by atoms with Crippen LogP contribution in [0.2, 0.25) is 5.02 Å². The molecule has 1 aliphatic carbocycles. The molecule has 1 heterocycles. The van der Waals surface area contributed by atoms with Crippen LogP contribution in [0.3, 0.4) is 0 Å². The van der Waals surface area contributed by atoms with Gasteiger partial charge in [0, 0.05) is 13.1 Å². The first-order valence-corrected chi connectivity index (χ1v) is 6.91. The van der Waals surface area contributed by atoms with E-state index in [1.807, 2.05) is 0 Å². The summed E-state index contributed by atoms with van der Waals surface area (Å²) in [5.41, 5.74) is -0.752. The lowest BCUT2D eigenvalue weighted by molar-refractivity contribution is -0.198. The lowest BCUT2D eigenvalue weighted by Crippen LogP contribution is -2.37. The van der Waals surface area contributed by atoms with Gasteiger partial charge in [-0.3, -0.25) is 4.79 Å². The van der Waals surface area contributed by atoms with Crippen molar-refractivity contribution >= 4 is 17.3 Å². The number of nitrogens with one attached hydrogen (secondary N) is 1. The first-order chi connectivity index (χ1) is 9.79. The van der Waals surface area contributed by atoms with Crippen LogP contribution in [0.5, 0.6) is 0 Å². The van der Waals surface area contributed by atoms with Crippen molar-refractivity contribution in [3.05, 3.63) is 21.6 Å². The molecule has 1 aromatic heterocycles. The predicted molar refractivity (Wildman–Crippen MR) is 71.4 cm³/mol. The minimum absolute atomic E-state index is 0.0702. The van der Waals surface area contributed by atoms with Crippen LogP contribution in [0, 0.1) is 5.92 Å². The number of hydrogen-bond acceptors (Lipinski definition) is 4. The number of hydrogen-bond donors (Lipinski definition) is 2. The molecule has 0 saturated heterocycles. The highest BCUT2D eigenvalue weighted by Crippen LogP contribution is 2.27. The Hall–Kier alpha value is -1.28. The lowest BCUT2D eigenvalue weighted by Gasteiger charge is -2.25. The van der Waals surface area contributed by atoms with Gasteiger partial charge in [0.15, 0.2) is 6.10 Å². The van der Waals surface area contributed by atoms with Crippen LogP contribution in [0.4, 0.5) is 18.9 Å². The van der Waals surface area contributed by atoms with Gasteiger partial charge in [-0.15, -0.1) is 0 Å². The Morgan fingerprint density at radius 3 is 2.71 bits per heavy atom. The van der Waals surface area contributed by atoms with Gasteiger partial charge in [-0.2, -0.15) is 18.3 Å². The average Bonchev–Trinajstić information content (AvgIpc) is 2.34. The van der Waals surface area contributed by atoms with E-state index in [0.29, 0.717) is 12.5 Å². The number of alkyl halides is 3. The molecule has 1 unspecified atom stereocenters. The molecule has 0 aromatic carbocycles. The fourth-order valence-electron chi connectivity index (χ4n) is 1.99. The molecule has 0 spiro atoms. The monoisotopic (exact) mass is 325 g/mol. The SMILES string of the molecule is O=c1c(NCC(O)C(F)(F)F)c(Cl)cnn1CC1CCC1. The maximum Gasteiger partial charge on any atom is 0.416 e. The van der Waals surface area contributed by atoms with Gasteiger partial charge in [0.1, 0.15) is 5.69 Å². The highest BCUT2D eigenvalue weighted by Gasteiger charge is 2.38. The van der Waals surface area contributed by atoms with Gasteiger partial charge in [-0.25, -0.2) is 4.68 Å². The number of aliphatic hydroxyl groups excluding tert-OH is 1. The molecule has 21 heavy (non-hydrogen) atoms. The Balaban J connectivity index is 2.10. The average molecular weight is 326 g/mol. The van der Waals surface area contributed by atoms with E-state index in [4.69, 9.17) is 16.7 Å². The second-order valence-electron chi connectivity index (χ2n) is 5.09. The zero-order valence-electron chi connectivity index (χ0n) is 11.0. The second-order valence-corrected chi connectivity index (χ2v) is 5.50. The second kappa shape index (κ2) is 6.23. The number of halogens is 4. The van der Waals surface area contributed by atoms with Crippen molar-refractivity contribution in [2.75, 3.05) is 11.9 Å². The van der Waals surface area contributed by atoms with E-state index in [2.05, 4.69) is 10.4 Å². The molecule has 0 aliphatic heterocycles. The Morgan fingerprint density at radius 1 is 1.52 bits per heavy atom. The summed E-state index contributed by atoms with van der Waals surface area (Å²) in [6.45, 7) is -0.418. The van der Waals surface area contributed by atoms with Crippen LogP contribution < -0.4 is 10.9 Å². The van der Waals surface area contributed by atoms with Crippen LogP contribution in [0.15, 0.2) is 11.0 Å². The fourth-order valence-corrected chi connectivity index (χ4v) is 2.18. The summed E-state index contributed by atoms with van der Waals surface area (Å²) in [5, 5.41) is 15.0. The van der Waals surface area contributed by atoms with Gasteiger partial charge < -0.3 is 10.4 Å². The topological polar surface area (TPSA) is 67.2 Å². The largest absolute Gasteiger partial charge is 0.416 e. The smallest absolute Gasteiger partial charge is 0.382 e. The Kier molecular flexibility index (Phi) is 4.77. The van der Waals surface area contributed by atoms with E-state index in [-0.39, 0.29) is 10.7 Å². The molecule has 0 amide bonds. The Morgan fingerprint density at radius 2 is 2.19 bits per heavy atom. The summed E-state index contributed by atoms with van der Waals surface area (Å²) in [5.74, 6) is 0.366. The number of rotatable bonds is 5. The first-order valence-electron chi connectivity index (χ1n) is 6.53. The van der Waals surface area contributed by atoms with Gasteiger partial charge in [0.25, 0.3) is 5.56 Å². The Bertz CT molecular complexity index is 558. The lowest BCUT2D eigenvalue weighted by atomic mass is 9.85. The van der Waals surface area contributed by atoms with Crippen LogP contribution in [-0.2, 0) is 6.54 Å². The molecule has 1 aliphatic rings. The molecule has 9 heteroatoms. The number of aliphatic hydroxyl groups is 1. The summed E-state index contributed by atoms with van der Waals surface area (Å²) in [4.78, 5) is 12.1.